The Bertz CT molecular complexity index is 536. The molecule has 2 nitrogen and oxygen atoms in total. The van der Waals surface area contributed by atoms with E-state index in [4.69, 9.17) is 0 Å². The van der Waals surface area contributed by atoms with Gasteiger partial charge in [0.1, 0.15) is 0 Å². The van der Waals surface area contributed by atoms with Crippen molar-refractivity contribution in [2.75, 3.05) is 0 Å². The van der Waals surface area contributed by atoms with Gasteiger partial charge in [-0.15, -0.1) is 11.3 Å². The summed E-state index contributed by atoms with van der Waals surface area (Å²) in [6.45, 7) is 0. The van der Waals surface area contributed by atoms with E-state index in [0.717, 1.165) is 17.7 Å². The Hall–Kier alpha value is -1.35. The van der Waals surface area contributed by atoms with Gasteiger partial charge in [0.15, 0.2) is 0 Å². The number of amides is 1. The fourth-order valence-electron chi connectivity index (χ4n) is 2.81. The number of carbonyl (C=O) groups excluding carboxylic acids is 1. The fraction of sp³-hybridized carbons (Fsp3) is 0.438. The van der Waals surface area contributed by atoms with Crippen molar-refractivity contribution in [3.05, 3.63) is 35.2 Å². The first-order chi connectivity index (χ1) is 9.31. The molecule has 1 heterocycles. The molecule has 3 rings (SSSR count). The van der Waals surface area contributed by atoms with Crippen molar-refractivity contribution in [1.29, 1.82) is 0 Å². The first kappa shape index (κ1) is 12.7. The first-order valence-corrected chi connectivity index (χ1v) is 7.90. The molecule has 0 aliphatic heterocycles. The van der Waals surface area contributed by atoms with Gasteiger partial charge in [-0.2, -0.15) is 0 Å². The number of fused-ring (bicyclic) bond motifs is 1. The predicted molar refractivity (Wildman–Crippen MR) is 80.5 cm³/mol. The lowest BCUT2D eigenvalue weighted by Gasteiger charge is -2.22. The summed E-state index contributed by atoms with van der Waals surface area (Å²) in [6.07, 6.45) is 6.66. The first-order valence-electron chi connectivity index (χ1n) is 7.08. The lowest BCUT2D eigenvalue weighted by Crippen LogP contribution is -2.36. The number of rotatable bonds is 3. The van der Waals surface area contributed by atoms with E-state index in [1.165, 1.54) is 29.3 Å². The molecule has 2 aromatic rings. The van der Waals surface area contributed by atoms with E-state index in [0.29, 0.717) is 12.5 Å². The third-order valence-electron chi connectivity index (χ3n) is 3.78. The maximum Gasteiger partial charge on any atom is 0.225 e. The molecule has 0 radical (unpaired) electrons. The van der Waals surface area contributed by atoms with E-state index in [2.05, 4.69) is 23.5 Å². The van der Waals surface area contributed by atoms with E-state index in [-0.39, 0.29) is 5.91 Å². The molecule has 1 aliphatic carbocycles. The van der Waals surface area contributed by atoms with E-state index in [1.54, 1.807) is 11.3 Å². The third kappa shape index (κ3) is 3.16. The molecule has 0 saturated heterocycles. The zero-order valence-electron chi connectivity index (χ0n) is 11.0. The summed E-state index contributed by atoms with van der Waals surface area (Å²) in [5.41, 5.74) is 0. The number of carbonyl (C=O) groups is 1. The minimum Gasteiger partial charge on any atom is -0.353 e. The second kappa shape index (κ2) is 5.74. The largest absolute Gasteiger partial charge is 0.353 e. The third-order valence-corrected chi connectivity index (χ3v) is 4.90. The van der Waals surface area contributed by atoms with Crippen molar-refractivity contribution in [2.45, 2.75) is 44.6 Å². The average molecular weight is 273 g/mol. The minimum atomic E-state index is 0.179. The van der Waals surface area contributed by atoms with Crippen LogP contribution in [0.1, 0.15) is 37.0 Å². The van der Waals surface area contributed by atoms with Crippen LogP contribution < -0.4 is 5.32 Å². The highest BCUT2D eigenvalue weighted by atomic mass is 32.1. The zero-order chi connectivity index (χ0) is 13.1. The van der Waals surface area contributed by atoms with Crippen molar-refractivity contribution in [2.24, 2.45) is 0 Å². The van der Waals surface area contributed by atoms with Crippen molar-refractivity contribution in [1.82, 2.24) is 5.32 Å². The van der Waals surface area contributed by atoms with Crippen LogP contribution in [0.4, 0.5) is 0 Å². The average Bonchev–Trinajstić information content (AvgIpc) is 2.81. The quantitative estimate of drug-likeness (QED) is 0.903. The number of hydrogen-bond donors (Lipinski definition) is 1. The SMILES string of the molecule is O=C(Cc1cc2ccccc2s1)NC1CCCCC1. The monoisotopic (exact) mass is 273 g/mol. The van der Waals surface area contributed by atoms with Crippen LogP contribution in [-0.4, -0.2) is 11.9 Å². The van der Waals surface area contributed by atoms with Crippen molar-refractivity contribution >= 4 is 27.3 Å². The van der Waals surface area contributed by atoms with Gasteiger partial charge in [-0.25, -0.2) is 0 Å². The molecule has 100 valence electrons. The highest BCUT2D eigenvalue weighted by Crippen LogP contribution is 2.25. The molecule has 0 unspecified atom stereocenters. The van der Waals surface area contributed by atoms with Gasteiger partial charge >= 0.3 is 0 Å². The fourth-order valence-corrected chi connectivity index (χ4v) is 3.87. The molecule has 1 aromatic carbocycles. The Morgan fingerprint density at radius 3 is 2.79 bits per heavy atom. The van der Waals surface area contributed by atoms with Crippen LogP contribution in [0.3, 0.4) is 0 Å². The number of hydrogen-bond acceptors (Lipinski definition) is 2. The van der Waals surface area contributed by atoms with E-state index in [9.17, 15) is 4.79 Å². The van der Waals surface area contributed by atoms with Gasteiger partial charge in [-0.1, -0.05) is 37.5 Å². The molecule has 1 saturated carbocycles. The van der Waals surface area contributed by atoms with Crippen LogP contribution in [0.2, 0.25) is 0 Å². The highest BCUT2D eigenvalue weighted by molar-refractivity contribution is 7.19. The van der Waals surface area contributed by atoms with Crippen LogP contribution in [0.25, 0.3) is 10.1 Å². The maximum atomic E-state index is 12.1. The summed E-state index contributed by atoms with van der Waals surface area (Å²) in [5.74, 6) is 0.179. The van der Waals surface area contributed by atoms with Gasteiger partial charge in [-0.05, 0) is 30.4 Å². The summed E-state index contributed by atoms with van der Waals surface area (Å²) in [4.78, 5) is 13.2. The van der Waals surface area contributed by atoms with Crippen molar-refractivity contribution < 1.29 is 4.79 Å². The smallest absolute Gasteiger partial charge is 0.225 e. The Labute approximate surface area is 117 Å². The molecule has 1 N–H and O–H groups in total. The molecule has 0 spiro atoms. The van der Waals surface area contributed by atoms with Crippen LogP contribution in [0, 0.1) is 0 Å². The second-order valence-electron chi connectivity index (χ2n) is 5.33. The Morgan fingerprint density at radius 2 is 2.00 bits per heavy atom. The molecule has 0 bridgehead atoms. The molecule has 1 fully saturated rings. The van der Waals surface area contributed by atoms with Crippen LogP contribution in [0.5, 0.6) is 0 Å². The second-order valence-corrected chi connectivity index (χ2v) is 6.50. The molecule has 19 heavy (non-hydrogen) atoms. The predicted octanol–water partition coefficient (Wildman–Crippen LogP) is 3.89. The van der Waals surface area contributed by atoms with E-state index >= 15 is 0 Å². The summed E-state index contributed by atoms with van der Waals surface area (Å²) in [5, 5.41) is 4.42. The Balaban J connectivity index is 1.62. The molecular weight excluding hydrogens is 254 g/mol. The summed E-state index contributed by atoms with van der Waals surface area (Å²) >= 11 is 1.73. The zero-order valence-corrected chi connectivity index (χ0v) is 11.8. The topological polar surface area (TPSA) is 29.1 Å². The van der Waals surface area contributed by atoms with Gasteiger partial charge in [0.2, 0.25) is 5.91 Å². The van der Waals surface area contributed by atoms with Gasteiger partial charge < -0.3 is 5.32 Å². The molecular formula is C16H19NOS. The highest BCUT2D eigenvalue weighted by Gasteiger charge is 2.16. The Morgan fingerprint density at radius 1 is 1.21 bits per heavy atom. The molecule has 1 amide bonds. The number of nitrogens with one attached hydrogen (secondary N) is 1. The summed E-state index contributed by atoms with van der Waals surface area (Å²) in [7, 11) is 0. The lowest BCUT2D eigenvalue weighted by molar-refractivity contribution is -0.121. The van der Waals surface area contributed by atoms with Gasteiger partial charge in [0.05, 0.1) is 6.42 Å². The van der Waals surface area contributed by atoms with Gasteiger partial charge in [0, 0.05) is 15.6 Å². The van der Waals surface area contributed by atoms with Gasteiger partial charge in [0.25, 0.3) is 0 Å². The lowest BCUT2D eigenvalue weighted by atomic mass is 9.95. The van der Waals surface area contributed by atoms with Crippen LogP contribution in [-0.2, 0) is 11.2 Å². The Kier molecular flexibility index (Phi) is 3.83. The minimum absolute atomic E-state index is 0.179. The standard InChI is InChI=1S/C16H19NOS/c18-16(17-13-7-2-1-3-8-13)11-14-10-12-6-4-5-9-15(12)19-14/h4-6,9-10,13H,1-3,7-8,11H2,(H,17,18). The summed E-state index contributed by atoms with van der Waals surface area (Å²) < 4.78 is 1.27. The molecule has 1 aromatic heterocycles. The maximum absolute atomic E-state index is 12.1. The van der Waals surface area contributed by atoms with E-state index < -0.39 is 0 Å². The molecule has 1 aliphatic rings. The van der Waals surface area contributed by atoms with Gasteiger partial charge in [-0.3, -0.25) is 4.79 Å². The normalized spacial score (nSPS) is 16.6. The molecule has 0 atom stereocenters. The molecule has 3 heteroatoms. The number of benzene rings is 1. The van der Waals surface area contributed by atoms with Crippen LogP contribution in [0.15, 0.2) is 30.3 Å². The number of thiophene rings is 1. The van der Waals surface area contributed by atoms with Crippen molar-refractivity contribution in [3.63, 3.8) is 0 Å². The van der Waals surface area contributed by atoms with Crippen molar-refractivity contribution in [3.8, 4) is 0 Å². The summed E-state index contributed by atoms with van der Waals surface area (Å²) in [6, 6.07) is 10.9. The van der Waals surface area contributed by atoms with E-state index in [1.807, 2.05) is 12.1 Å². The van der Waals surface area contributed by atoms with Crippen LogP contribution >= 0.6 is 11.3 Å².